The van der Waals surface area contributed by atoms with Gasteiger partial charge in [0.2, 0.25) is 22.9 Å². The molecule has 0 saturated heterocycles. The van der Waals surface area contributed by atoms with E-state index in [0.717, 1.165) is 221 Å². The van der Waals surface area contributed by atoms with Crippen molar-refractivity contribution in [3.8, 4) is 158 Å². The van der Waals surface area contributed by atoms with Gasteiger partial charge in [-0.3, -0.25) is 0 Å². The maximum atomic E-state index is 9.01. The maximum Gasteiger partial charge on any atom is 0.246 e. The Kier molecular flexibility index (Phi) is 22.8. The van der Waals surface area contributed by atoms with Crippen molar-refractivity contribution in [2.45, 2.75) is 0 Å². The average molecular weight is 1930 g/mol. The van der Waals surface area contributed by atoms with E-state index in [1.165, 1.54) is 0 Å². The zero-order valence-electron chi connectivity index (χ0n) is 79.7. The number of para-hydroxylation sites is 8. The number of rotatable bonds is 13. The van der Waals surface area contributed by atoms with Crippen molar-refractivity contribution in [2.75, 3.05) is 0 Å². The Bertz CT molecular complexity index is 10200. The fourth-order valence-corrected chi connectivity index (χ4v) is 18.8. The van der Waals surface area contributed by atoms with Crippen LogP contribution in [0.15, 0.2) is 479 Å². The van der Waals surface area contributed by atoms with Gasteiger partial charge in [0, 0.05) is 54.9 Å². The van der Waals surface area contributed by atoms with Gasteiger partial charge in [-0.2, -0.15) is 10.5 Å². The molecule has 29 rings (SSSR count). The normalized spacial score (nSPS) is 11.3. The van der Waals surface area contributed by atoms with Crippen molar-refractivity contribution >= 4 is 133 Å². The Morgan fingerprint density at radius 3 is 0.560 bits per heavy atom. The number of hydrogen-bond donors (Lipinski definition) is 0. The van der Waals surface area contributed by atoms with Gasteiger partial charge in [-0.05, 0) is 205 Å². The standard InChI is InChI=1S/2C35H21N5O.C33H19N3O.C27H15N3O/c1-3-10-22(11-4-1)32-38-33(23-12-5-2-6-13-23)40-34(39-32)26-15-9-14-24(20-26)25-18-19-30-27(21-25)31-35(41-30)37-29-17-8-7-16-28(29)36-31;1-3-9-23(10-4-1)32-38-33(24-11-5-2-6-12-24)40-34(39-32)25-17-15-22(16-18-25)26-19-20-30-27(21-26)31-35(41-30)37-29-14-8-7-13-28(29)36-31;34-20-21-5-7-22(8-6-21)23-9-11-24(12-10-23)25-13-15-26(16-14-25)27-17-18-31-28(19-27)32-33(37-31)36-30-4-2-1-3-29(30)35-32;28-16-17-5-7-18(8-6-17)19-9-11-20(12-10-19)21-13-14-25-22(15-21)26-27(31-25)30-24-4-2-1-3-23(24)29-26/h2*1-21H;1-19H;1-15H. The quantitative estimate of drug-likeness (QED) is 0.104. The minimum atomic E-state index is 0.539. The molecule has 20 nitrogen and oxygen atoms in total. The first-order chi connectivity index (χ1) is 74.1. The summed E-state index contributed by atoms with van der Waals surface area (Å²) in [4.78, 5) is 67.0. The summed E-state index contributed by atoms with van der Waals surface area (Å²) in [5.74, 6) is 3.80. The Balaban J connectivity index is 0.000000101. The Hall–Kier alpha value is -21.3. The third kappa shape index (κ3) is 17.7. The highest BCUT2D eigenvalue weighted by Crippen LogP contribution is 2.41. The second-order valence-electron chi connectivity index (χ2n) is 36.1. The summed E-state index contributed by atoms with van der Waals surface area (Å²) in [6, 6.07) is 158. The summed E-state index contributed by atoms with van der Waals surface area (Å²) in [6.07, 6.45) is 0. The fraction of sp³-hybridized carbons (Fsp3) is 0. The molecule has 0 fully saturated rings. The topological polar surface area (TPSA) is 281 Å². The summed E-state index contributed by atoms with van der Waals surface area (Å²) >= 11 is 0. The van der Waals surface area contributed by atoms with E-state index in [9.17, 15) is 0 Å². The Morgan fingerprint density at radius 2 is 0.313 bits per heavy atom. The lowest BCUT2D eigenvalue weighted by Crippen LogP contribution is -2.00. The molecule has 0 radical (unpaired) electrons. The van der Waals surface area contributed by atoms with Crippen molar-refractivity contribution in [2.24, 2.45) is 0 Å². The highest BCUT2D eigenvalue weighted by Gasteiger charge is 2.23. The number of nitrogens with zero attached hydrogens (tertiary/aromatic N) is 16. The SMILES string of the molecule is N#Cc1ccc(-c2ccc(-c3ccc(-c4ccc5oc6nc7ccccc7nc6c5c4)cc3)cc2)cc1.N#Cc1ccc(-c2ccc(-c3ccc4oc5nc6ccccc6nc5c4c3)cc2)cc1.c1ccc(-c2nc(-c3ccccc3)nc(-c3ccc(-c4ccc5oc6nc7ccccc7nc6c5c4)cc3)n2)cc1.c1ccc(-c2nc(-c3ccccc3)nc(-c3cccc(-c4ccc5oc6nc7ccccc7nc6c5c4)c3)n2)cc1. The van der Waals surface area contributed by atoms with Crippen LogP contribution in [0.2, 0.25) is 0 Å². The summed E-state index contributed by atoms with van der Waals surface area (Å²) < 4.78 is 24.0. The van der Waals surface area contributed by atoms with Crippen LogP contribution < -0.4 is 0 Å². The van der Waals surface area contributed by atoms with E-state index >= 15 is 0 Å². The predicted octanol–water partition coefficient (Wildman–Crippen LogP) is 31.9. The lowest BCUT2D eigenvalue weighted by atomic mass is 9.97. The monoisotopic (exact) mass is 1920 g/mol. The highest BCUT2D eigenvalue weighted by atomic mass is 16.4. The third-order valence-corrected chi connectivity index (χ3v) is 26.6. The summed E-state index contributed by atoms with van der Waals surface area (Å²) in [7, 11) is 0. The first-order valence-corrected chi connectivity index (χ1v) is 48.7. The van der Waals surface area contributed by atoms with Crippen molar-refractivity contribution in [3.05, 3.63) is 472 Å². The van der Waals surface area contributed by atoms with Crippen LogP contribution in [0, 0.1) is 22.7 Å². The van der Waals surface area contributed by atoms with E-state index in [0.29, 0.717) is 68.9 Å². The average Bonchev–Trinajstić information content (AvgIpc) is 1.61. The van der Waals surface area contributed by atoms with E-state index in [1.54, 1.807) is 0 Å². The molecule has 0 aliphatic rings. The molecule has 150 heavy (non-hydrogen) atoms. The summed E-state index contributed by atoms with van der Waals surface area (Å²) in [6.45, 7) is 0. The van der Waals surface area contributed by atoms with E-state index in [-0.39, 0.29) is 0 Å². The molecule has 0 N–H and O–H groups in total. The van der Waals surface area contributed by atoms with Crippen LogP contribution >= 0.6 is 0 Å². The van der Waals surface area contributed by atoms with Crippen LogP contribution in [-0.2, 0) is 0 Å². The van der Waals surface area contributed by atoms with Gasteiger partial charge >= 0.3 is 0 Å². The zero-order valence-corrected chi connectivity index (χ0v) is 79.7. The number of fused-ring (bicyclic) bond motifs is 16. The van der Waals surface area contributed by atoms with Gasteiger partial charge in [0.25, 0.3) is 0 Å². The highest BCUT2D eigenvalue weighted by molar-refractivity contribution is 6.09. The number of furan rings is 4. The van der Waals surface area contributed by atoms with Crippen molar-refractivity contribution in [1.29, 1.82) is 10.5 Å². The fourth-order valence-electron chi connectivity index (χ4n) is 18.8. The minimum Gasteiger partial charge on any atom is -0.436 e. The van der Waals surface area contributed by atoms with E-state index in [2.05, 4.69) is 190 Å². The van der Waals surface area contributed by atoms with Crippen LogP contribution in [0.4, 0.5) is 0 Å². The molecule has 0 spiro atoms. The van der Waals surface area contributed by atoms with Gasteiger partial charge in [-0.25, -0.2) is 69.8 Å². The van der Waals surface area contributed by atoms with Crippen LogP contribution in [0.25, 0.3) is 279 Å². The molecule has 0 saturated carbocycles. The zero-order chi connectivity index (χ0) is 99.9. The summed E-state index contributed by atoms with van der Waals surface area (Å²) in [5, 5.41) is 21.8. The van der Waals surface area contributed by atoms with E-state index < -0.39 is 0 Å². The molecular weight excluding hydrogens is 1850 g/mol. The molecule has 0 unspecified atom stereocenters. The molecule has 0 aliphatic heterocycles. The second-order valence-corrected chi connectivity index (χ2v) is 36.1. The lowest BCUT2D eigenvalue weighted by molar-refractivity contribution is 0.654. The number of benzene rings is 19. The number of aromatic nitrogens is 14. The van der Waals surface area contributed by atoms with Gasteiger partial charge in [-0.1, -0.05) is 334 Å². The molecule has 700 valence electrons. The van der Waals surface area contributed by atoms with Crippen LogP contribution in [0.5, 0.6) is 0 Å². The van der Waals surface area contributed by atoms with E-state index in [4.69, 9.17) is 78.0 Å². The molecular formula is C130H76N16O4. The number of hydrogen-bond acceptors (Lipinski definition) is 20. The van der Waals surface area contributed by atoms with Crippen LogP contribution in [0.1, 0.15) is 11.1 Å². The molecule has 0 aliphatic carbocycles. The lowest BCUT2D eigenvalue weighted by Gasteiger charge is -2.09. The van der Waals surface area contributed by atoms with Gasteiger partial charge in [0.05, 0.1) is 67.4 Å². The van der Waals surface area contributed by atoms with Crippen molar-refractivity contribution in [3.63, 3.8) is 0 Å². The van der Waals surface area contributed by atoms with Gasteiger partial charge < -0.3 is 17.7 Å². The predicted molar refractivity (Wildman–Crippen MR) is 594 cm³/mol. The number of nitriles is 2. The Labute approximate surface area is 855 Å². The molecule has 19 aromatic carbocycles. The molecule has 20 heteroatoms. The molecule has 0 amide bonds. The van der Waals surface area contributed by atoms with Crippen LogP contribution in [-0.4, -0.2) is 69.8 Å². The Morgan fingerprint density at radius 1 is 0.140 bits per heavy atom. The molecule has 0 bridgehead atoms. The third-order valence-electron chi connectivity index (χ3n) is 26.6. The molecule has 29 aromatic rings. The minimum absolute atomic E-state index is 0.539. The van der Waals surface area contributed by atoms with Crippen molar-refractivity contribution < 1.29 is 17.7 Å². The molecule has 10 heterocycles. The van der Waals surface area contributed by atoms with Gasteiger partial charge in [0.1, 0.15) is 44.4 Å². The summed E-state index contributed by atoms with van der Waals surface area (Å²) in [5.41, 5.74) is 37.4. The van der Waals surface area contributed by atoms with Crippen LogP contribution in [0.3, 0.4) is 0 Å². The first kappa shape index (κ1) is 88.9. The largest absolute Gasteiger partial charge is 0.436 e. The first-order valence-electron chi connectivity index (χ1n) is 48.7. The van der Waals surface area contributed by atoms with Gasteiger partial charge in [-0.15, -0.1) is 0 Å². The maximum absolute atomic E-state index is 9.01. The molecule has 0 atom stereocenters. The second kappa shape index (κ2) is 38.5. The van der Waals surface area contributed by atoms with E-state index in [1.807, 2.05) is 303 Å². The molecule has 10 aromatic heterocycles. The smallest absolute Gasteiger partial charge is 0.246 e. The van der Waals surface area contributed by atoms with Gasteiger partial charge in [0.15, 0.2) is 34.9 Å². The van der Waals surface area contributed by atoms with Crippen molar-refractivity contribution in [1.82, 2.24) is 69.8 Å².